The molecule has 1 heterocycles. The van der Waals surface area contributed by atoms with Crippen LogP contribution < -0.4 is 5.73 Å². The molecule has 108 valence electrons. The second-order valence-corrected chi connectivity index (χ2v) is 7.13. The highest BCUT2D eigenvalue weighted by Crippen LogP contribution is 2.35. The van der Waals surface area contributed by atoms with Crippen LogP contribution >= 0.6 is 0 Å². The minimum atomic E-state index is 0.256. The Hall–Kier alpha value is -0.0800. The van der Waals surface area contributed by atoms with Crippen LogP contribution in [0.15, 0.2) is 0 Å². The van der Waals surface area contributed by atoms with Crippen LogP contribution in [-0.2, 0) is 0 Å². The molecule has 0 radical (unpaired) electrons. The maximum Gasteiger partial charge on any atom is 0.0336 e. The first-order valence-corrected chi connectivity index (χ1v) is 7.88. The SMILES string of the molecule is CCC1CCN(C(CN)(CC(C)C)CC(C)C)C1. The van der Waals surface area contributed by atoms with E-state index in [1.165, 1.54) is 38.8 Å². The van der Waals surface area contributed by atoms with Crippen LogP contribution in [0, 0.1) is 17.8 Å². The maximum absolute atomic E-state index is 6.23. The molecule has 1 saturated heterocycles. The summed E-state index contributed by atoms with van der Waals surface area (Å²) in [6.07, 6.45) is 5.19. The molecule has 0 aromatic carbocycles. The summed E-state index contributed by atoms with van der Waals surface area (Å²) in [5.41, 5.74) is 6.49. The maximum atomic E-state index is 6.23. The molecule has 0 aromatic heterocycles. The normalized spacial score (nSPS) is 22.3. The topological polar surface area (TPSA) is 29.3 Å². The van der Waals surface area contributed by atoms with Crippen molar-refractivity contribution in [2.45, 2.75) is 65.8 Å². The molecular formula is C16H34N2. The minimum Gasteiger partial charge on any atom is -0.329 e. The number of nitrogens with two attached hydrogens (primary N) is 1. The van der Waals surface area contributed by atoms with Crippen molar-refractivity contribution in [3.63, 3.8) is 0 Å². The van der Waals surface area contributed by atoms with Crippen LogP contribution in [0.5, 0.6) is 0 Å². The van der Waals surface area contributed by atoms with E-state index in [1.54, 1.807) is 0 Å². The quantitative estimate of drug-likeness (QED) is 0.753. The molecule has 1 rings (SSSR count). The van der Waals surface area contributed by atoms with Gasteiger partial charge in [0.1, 0.15) is 0 Å². The summed E-state index contributed by atoms with van der Waals surface area (Å²) in [6, 6.07) is 0. The van der Waals surface area contributed by atoms with Crippen LogP contribution in [0.25, 0.3) is 0 Å². The van der Waals surface area contributed by atoms with Crippen LogP contribution in [0.2, 0.25) is 0 Å². The van der Waals surface area contributed by atoms with Crippen molar-refractivity contribution in [2.24, 2.45) is 23.5 Å². The molecule has 2 nitrogen and oxygen atoms in total. The van der Waals surface area contributed by atoms with Crippen LogP contribution in [0.3, 0.4) is 0 Å². The monoisotopic (exact) mass is 254 g/mol. The average Bonchev–Trinajstić information content (AvgIpc) is 2.75. The third-order valence-electron chi connectivity index (χ3n) is 4.49. The van der Waals surface area contributed by atoms with E-state index in [4.69, 9.17) is 5.73 Å². The molecule has 18 heavy (non-hydrogen) atoms. The smallest absolute Gasteiger partial charge is 0.0336 e. The van der Waals surface area contributed by atoms with Crippen molar-refractivity contribution in [2.75, 3.05) is 19.6 Å². The third-order valence-corrected chi connectivity index (χ3v) is 4.49. The van der Waals surface area contributed by atoms with Gasteiger partial charge in [-0.1, -0.05) is 41.0 Å². The Morgan fingerprint density at radius 3 is 2.06 bits per heavy atom. The van der Waals surface area contributed by atoms with Gasteiger partial charge in [-0.25, -0.2) is 0 Å². The lowest BCUT2D eigenvalue weighted by Crippen LogP contribution is -2.54. The Morgan fingerprint density at radius 1 is 1.17 bits per heavy atom. The van der Waals surface area contributed by atoms with Gasteiger partial charge in [0.2, 0.25) is 0 Å². The molecule has 0 saturated carbocycles. The van der Waals surface area contributed by atoms with E-state index < -0.39 is 0 Å². The number of hydrogen-bond donors (Lipinski definition) is 1. The molecule has 0 aliphatic carbocycles. The molecule has 2 heteroatoms. The Kier molecular flexibility index (Phi) is 6.13. The zero-order chi connectivity index (χ0) is 13.8. The first kappa shape index (κ1) is 16.0. The fraction of sp³-hybridized carbons (Fsp3) is 1.00. The van der Waals surface area contributed by atoms with E-state index in [0.717, 1.165) is 24.3 Å². The second-order valence-electron chi connectivity index (χ2n) is 7.13. The van der Waals surface area contributed by atoms with E-state index in [2.05, 4.69) is 39.5 Å². The molecule has 0 bridgehead atoms. The average molecular weight is 254 g/mol. The number of hydrogen-bond acceptors (Lipinski definition) is 2. The number of nitrogens with zero attached hydrogens (tertiary/aromatic N) is 1. The van der Waals surface area contributed by atoms with Crippen molar-refractivity contribution in [3.05, 3.63) is 0 Å². The summed E-state index contributed by atoms with van der Waals surface area (Å²) in [5.74, 6) is 2.36. The van der Waals surface area contributed by atoms with E-state index in [-0.39, 0.29) is 5.54 Å². The highest BCUT2D eigenvalue weighted by Gasteiger charge is 2.39. The Labute approximate surface area is 114 Å². The first-order chi connectivity index (χ1) is 8.43. The Balaban J connectivity index is 2.81. The molecular weight excluding hydrogens is 220 g/mol. The zero-order valence-electron chi connectivity index (χ0n) is 13.2. The molecule has 1 fully saturated rings. The summed E-state index contributed by atoms with van der Waals surface area (Å²) < 4.78 is 0. The van der Waals surface area contributed by atoms with Crippen molar-refractivity contribution < 1.29 is 0 Å². The largest absolute Gasteiger partial charge is 0.329 e. The van der Waals surface area contributed by atoms with Crippen LogP contribution in [-0.4, -0.2) is 30.1 Å². The van der Waals surface area contributed by atoms with Crippen molar-refractivity contribution >= 4 is 0 Å². The molecule has 1 atom stereocenters. The lowest BCUT2D eigenvalue weighted by molar-refractivity contribution is 0.0723. The van der Waals surface area contributed by atoms with Gasteiger partial charge in [-0.3, -0.25) is 4.90 Å². The number of rotatable bonds is 7. The zero-order valence-corrected chi connectivity index (χ0v) is 13.2. The molecule has 1 unspecified atom stereocenters. The summed E-state index contributed by atoms with van der Waals surface area (Å²) in [4.78, 5) is 2.72. The molecule has 1 aliphatic heterocycles. The fourth-order valence-corrected chi connectivity index (χ4v) is 3.75. The van der Waals surface area contributed by atoms with Gasteiger partial charge in [0, 0.05) is 18.6 Å². The Bertz CT molecular complexity index is 225. The Morgan fingerprint density at radius 2 is 1.72 bits per heavy atom. The second kappa shape index (κ2) is 6.91. The van der Waals surface area contributed by atoms with Crippen molar-refractivity contribution in [1.82, 2.24) is 4.90 Å². The van der Waals surface area contributed by atoms with E-state index in [0.29, 0.717) is 0 Å². The molecule has 2 N–H and O–H groups in total. The molecule has 0 spiro atoms. The van der Waals surface area contributed by atoms with E-state index >= 15 is 0 Å². The van der Waals surface area contributed by atoms with Gasteiger partial charge in [0.05, 0.1) is 0 Å². The predicted octanol–water partition coefficient (Wildman–Crippen LogP) is 3.51. The summed E-state index contributed by atoms with van der Waals surface area (Å²) in [7, 11) is 0. The van der Waals surface area contributed by atoms with Crippen molar-refractivity contribution in [1.29, 1.82) is 0 Å². The van der Waals surface area contributed by atoms with Crippen molar-refractivity contribution in [3.8, 4) is 0 Å². The summed E-state index contributed by atoms with van der Waals surface area (Å²) in [5, 5.41) is 0. The highest BCUT2D eigenvalue weighted by atomic mass is 15.2. The predicted molar refractivity (Wildman–Crippen MR) is 80.7 cm³/mol. The lowest BCUT2D eigenvalue weighted by atomic mass is 9.80. The lowest BCUT2D eigenvalue weighted by Gasteiger charge is -2.44. The third kappa shape index (κ3) is 3.96. The van der Waals surface area contributed by atoms with Gasteiger partial charge < -0.3 is 5.73 Å². The summed E-state index contributed by atoms with van der Waals surface area (Å²) >= 11 is 0. The van der Waals surface area contributed by atoms with Gasteiger partial charge in [-0.15, -0.1) is 0 Å². The molecule has 0 aromatic rings. The van der Waals surface area contributed by atoms with Gasteiger partial charge >= 0.3 is 0 Å². The molecule has 0 amide bonds. The van der Waals surface area contributed by atoms with Crippen LogP contribution in [0.1, 0.15) is 60.3 Å². The summed E-state index contributed by atoms with van der Waals surface area (Å²) in [6.45, 7) is 15.0. The van der Waals surface area contributed by atoms with Gasteiger partial charge in [0.15, 0.2) is 0 Å². The highest BCUT2D eigenvalue weighted by molar-refractivity contribution is 4.96. The van der Waals surface area contributed by atoms with Gasteiger partial charge in [0.25, 0.3) is 0 Å². The van der Waals surface area contributed by atoms with Gasteiger partial charge in [-0.05, 0) is 43.6 Å². The van der Waals surface area contributed by atoms with E-state index in [9.17, 15) is 0 Å². The van der Waals surface area contributed by atoms with Crippen LogP contribution in [0.4, 0.5) is 0 Å². The number of likely N-dealkylation sites (tertiary alicyclic amines) is 1. The standard InChI is InChI=1S/C16H34N2/c1-6-15-7-8-18(11-15)16(12-17,9-13(2)3)10-14(4)5/h13-15H,6-12,17H2,1-5H3. The van der Waals surface area contributed by atoms with E-state index in [1.807, 2.05) is 0 Å². The fourth-order valence-electron chi connectivity index (χ4n) is 3.75. The first-order valence-electron chi connectivity index (χ1n) is 7.88. The minimum absolute atomic E-state index is 0.256. The van der Waals surface area contributed by atoms with Gasteiger partial charge in [-0.2, -0.15) is 0 Å². The molecule has 1 aliphatic rings.